The van der Waals surface area contributed by atoms with Crippen LogP contribution in [-0.2, 0) is 6.54 Å². The topological polar surface area (TPSA) is 60.0 Å². The summed E-state index contributed by atoms with van der Waals surface area (Å²) in [6.45, 7) is 0.448. The van der Waals surface area contributed by atoms with Crippen molar-refractivity contribution in [3.05, 3.63) is 83.4 Å². The standard InChI is InChI=1S/C24H24N2O4/c1-28-20-14-22(30-3)21(29-2)13-18(20)23-25-19-12-8-7-11-17(19)24(27)26(23)15-16-9-5-4-6-10-16/h4-14,23,25H,15H2,1-3H3. The first-order valence-electron chi connectivity index (χ1n) is 9.66. The molecule has 30 heavy (non-hydrogen) atoms. The van der Waals surface area contributed by atoms with Crippen LogP contribution in [-0.4, -0.2) is 32.1 Å². The van der Waals surface area contributed by atoms with Gasteiger partial charge >= 0.3 is 0 Å². The van der Waals surface area contributed by atoms with Gasteiger partial charge in [0.1, 0.15) is 11.9 Å². The summed E-state index contributed by atoms with van der Waals surface area (Å²) in [5, 5.41) is 3.51. The van der Waals surface area contributed by atoms with Gasteiger partial charge in [0, 0.05) is 23.9 Å². The van der Waals surface area contributed by atoms with Gasteiger partial charge in [0.2, 0.25) is 0 Å². The molecule has 0 aromatic heterocycles. The minimum atomic E-state index is -0.442. The van der Waals surface area contributed by atoms with E-state index < -0.39 is 6.17 Å². The monoisotopic (exact) mass is 404 g/mol. The fourth-order valence-electron chi connectivity index (χ4n) is 3.75. The van der Waals surface area contributed by atoms with Crippen LogP contribution < -0.4 is 19.5 Å². The zero-order valence-electron chi connectivity index (χ0n) is 17.2. The summed E-state index contributed by atoms with van der Waals surface area (Å²) in [5.41, 5.74) is 3.25. The predicted molar refractivity (Wildman–Crippen MR) is 115 cm³/mol. The first kappa shape index (κ1) is 19.6. The van der Waals surface area contributed by atoms with E-state index in [2.05, 4.69) is 5.32 Å². The van der Waals surface area contributed by atoms with Gasteiger partial charge in [-0.1, -0.05) is 42.5 Å². The molecule has 1 heterocycles. The number of rotatable bonds is 6. The third kappa shape index (κ3) is 3.52. The van der Waals surface area contributed by atoms with Crippen molar-refractivity contribution < 1.29 is 19.0 Å². The average Bonchev–Trinajstić information content (AvgIpc) is 2.80. The lowest BCUT2D eigenvalue weighted by Crippen LogP contribution is -2.42. The fraction of sp³-hybridized carbons (Fsp3) is 0.208. The van der Waals surface area contributed by atoms with E-state index in [1.54, 1.807) is 32.3 Å². The van der Waals surface area contributed by atoms with Crippen molar-refractivity contribution >= 4 is 11.6 Å². The van der Waals surface area contributed by atoms with Gasteiger partial charge in [-0.05, 0) is 23.8 Å². The minimum Gasteiger partial charge on any atom is -0.496 e. The lowest BCUT2D eigenvalue weighted by Gasteiger charge is -2.39. The molecule has 0 bridgehead atoms. The highest BCUT2D eigenvalue weighted by atomic mass is 16.5. The number of carbonyl (C=O) groups is 1. The van der Waals surface area contributed by atoms with Crippen LogP contribution in [0.2, 0.25) is 0 Å². The Labute approximate surface area is 176 Å². The molecule has 1 N–H and O–H groups in total. The molecule has 0 saturated carbocycles. The number of benzene rings is 3. The number of amides is 1. The van der Waals surface area contributed by atoms with E-state index in [4.69, 9.17) is 14.2 Å². The molecule has 6 nitrogen and oxygen atoms in total. The van der Waals surface area contributed by atoms with E-state index in [1.165, 1.54) is 0 Å². The van der Waals surface area contributed by atoms with E-state index in [0.29, 0.717) is 29.4 Å². The van der Waals surface area contributed by atoms with Crippen LogP contribution >= 0.6 is 0 Å². The average molecular weight is 404 g/mol. The van der Waals surface area contributed by atoms with Gasteiger partial charge in [-0.2, -0.15) is 0 Å². The van der Waals surface area contributed by atoms with Crippen LogP contribution in [0.1, 0.15) is 27.7 Å². The van der Waals surface area contributed by atoms with Crippen LogP contribution in [0, 0.1) is 0 Å². The minimum absolute atomic E-state index is 0.0463. The molecule has 0 fully saturated rings. The van der Waals surface area contributed by atoms with E-state index in [-0.39, 0.29) is 5.91 Å². The lowest BCUT2D eigenvalue weighted by atomic mass is 10.0. The van der Waals surface area contributed by atoms with Crippen LogP contribution in [0.5, 0.6) is 17.2 Å². The fourth-order valence-corrected chi connectivity index (χ4v) is 3.75. The molecule has 0 saturated heterocycles. The summed E-state index contributed by atoms with van der Waals surface area (Å²) in [6, 6.07) is 21.1. The van der Waals surface area contributed by atoms with Gasteiger partial charge in [-0.3, -0.25) is 4.79 Å². The van der Waals surface area contributed by atoms with E-state index in [1.807, 2.05) is 60.7 Å². The molecule has 6 heteroatoms. The highest BCUT2D eigenvalue weighted by Crippen LogP contribution is 2.42. The number of anilines is 1. The number of fused-ring (bicyclic) bond motifs is 1. The predicted octanol–water partition coefficient (Wildman–Crippen LogP) is 4.48. The number of carbonyl (C=O) groups excluding carboxylic acids is 1. The lowest BCUT2D eigenvalue weighted by molar-refractivity contribution is 0.0664. The Morgan fingerprint density at radius 3 is 2.17 bits per heavy atom. The Bertz CT molecular complexity index is 1050. The highest BCUT2D eigenvalue weighted by Gasteiger charge is 2.35. The van der Waals surface area contributed by atoms with Crippen molar-refractivity contribution in [1.29, 1.82) is 0 Å². The normalized spacial score (nSPS) is 15.2. The molecule has 1 atom stereocenters. The van der Waals surface area contributed by atoms with Gasteiger partial charge in [0.05, 0.1) is 26.9 Å². The Morgan fingerprint density at radius 2 is 1.47 bits per heavy atom. The summed E-state index contributed by atoms with van der Waals surface area (Å²) in [5.74, 6) is 1.70. The molecule has 3 aromatic carbocycles. The third-order valence-corrected chi connectivity index (χ3v) is 5.25. The third-order valence-electron chi connectivity index (χ3n) is 5.25. The van der Waals surface area contributed by atoms with Crippen LogP contribution in [0.3, 0.4) is 0 Å². The largest absolute Gasteiger partial charge is 0.496 e. The van der Waals surface area contributed by atoms with Gasteiger partial charge < -0.3 is 24.4 Å². The zero-order valence-corrected chi connectivity index (χ0v) is 17.2. The van der Waals surface area contributed by atoms with Gasteiger partial charge in [0.15, 0.2) is 11.5 Å². The van der Waals surface area contributed by atoms with E-state index in [0.717, 1.165) is 16.8 Å². The van der Waals surface area contributed by atoms with Crippen molar-refractivity contribution in [2.24, 2.45) is 0 Å². The molecule has 1 unspecified atom stereocenters. The quantitative estimate of drug-likeness (QED) is 0.656. The summed E-state index contributed by atoms with van der Waals surface area (Å²) >= 11 is 0. The molecule has 0 spiro atoms. The Kier molecular flexibility index (Phi) is 5.48. The number of nitrogens with zero attached hydrogens (tertiary/aromatic N) is 1. The van der Waals surface area contributed by atoms with Crippen LogP contribution in [0.25, 0.3) is 0 Å². The van der Waals surface area contributed by atoms with Crippen molar-refractivity contribution in [2.75, 3.05) is 26.6 Å². The molecule has 0 radical (unpaired) electrons. The molecule has 3 aromatic rings. The zero-order chi connectivity index (χ0) is 21.1. The van der Waals surface area contributed by atoms with Crippen molar-refractivity contribution in [1.82, 2.24) is 4.90 Å². The van der Waals surface area contributed by atoms with Gasteiger partial charge in [-0.25, -0.2) is 0 Å². The molecular weight excluding hydrogens is 380 g/mol. The second-order valence-electron chi connectivity index (χ2n) is 6.96. The number of methoxy groups -OCH3 is 3. The van der Waals surface area contributed by atoms with Crippen molar-refractivity contribution in [3.8, 4) is 17.2 Å². The SMILES string of the molecule is COc1cc(OC)c(C2Nc3ccccc3C(=O)N2Cc2ccccc2)cc1OC. The number of hydrogen-bond acceptors (Lipinski definition) is 5. The molecule has 1 aliphatic heterocycles. The second-order valence-corrected chi connectivity index (χ2v) is 6.96. The van der Waals surface area contributed by atoms with Crippen molar-refractivity contribution in [2.45, 2.75) is 12.7 Å². The second kappa shape index (κ2) is 8.37. The Balaban J connectivity index is 1.84. The smallest absolute Gasteiger partial charge is 0.258 e. The molecule has 154 valence electrons. The number of ether oxygens (including phenoxy) is 3. The molecule has 4 rings (SSSR count). The van der Waals surface area contributed by atoms with Crippen LogP contribution in [0.4, 0.5) is 5.69 Å². The first-order valence-corrected chi connectivity index (χ1v) is 9.66. The number of para-hydroxylation sites is 1. The number of nitrogens with one attached hydrogen (secondary N) is 1. The summed E-state index contributed by atoms with van der Waals surface area (Å²) in [6.07, 6.45) is -0.442. The van der Waals surface area contributed by atoms with Gasteiger partial charge in [-0.15, -0.1) is 0 Å². The molecule has 0 aliphatic carbocycles. The Hall–Kier alpha value is -3.67. The summed E-state index contributed by atoms with van der Waals surface area (Å²) < 4.78 is 16.6. The summed E-state index contributed by atoms with van der Waals surface area (Å²) in [7, 11) is 4.77. The van der Waals surface area contributed by atoms with Gasteiger partial charge in [0.25, 0.3) is 5.91 Å². The maximum atomic E-state index is 13.5. The van der Waals surface area contributed by atoms with Crippen LogP contribution in [0.15, 0.2) is 66.7 Å². The van der Waals surface area contributed by atoms with Crippen molar-refractivity contribution in [3.63, 3.8) is 0 Å². The summed E-state index contributed by atoms with van der Waals surface area (Å²) in [4.78, 5) is 15.3. The number of hydrogen-bond donors (Lipinski definition) is 1. The highest BCUT2D eigenvalue weighted by molar-refractivity contribution is 6.01. The van der Waals surface area contributed by atoms with E-state index in [9.17, 15) is 4.79 Å². The maximum Gasteiger partial charge on any atom is 0.258 e. The maximum absolute atomic E-state index is 13.5. The Morgan fingerprint density at radius 1 is 0.833 bits per heavy atom. The molecule has 1 aliphatic rings. The molecular formula is C24H24N2O4. The molecule has 1 amide bonds. The van der Waals surface area contributed by atoms with E-state index >= 15 is 0 Å². The first-order chi connectivity index (χ1) is 14.7.